The van der Waals surface area contributed by atoms with Gasteiger partial charge in [-0.05, 0) is 48.4 Å². The smallest absolute Gasteiger partial charge is 0.325 e. The number of carbonyl (C=O) groups is 3. The zero-order valence-corrected chi connectivity index (χ0v) is 15.2. The zero-order chi connectivity index (χ0) is 19.6. The fourth-order valence-corrected chi connectivity index (χ4v) is 3.15. The molecule has 0 radical (unpaired) electrons. The summed E-state index contributed by atoms with van der Waals surface area (Å²) in [4.78, 5) is 38.4. The molecule has 2 N–H and O–H groups in total. The average molecular weight is 390 g/mol. The monoisotopic (exact) mass is 389 g/mol. The van der Waals surface area contributed by atoms with E-state index in [0.29, 0.717) is 16.3 Å². The summed E-state index contributed by atoms with van der Waals surface area (Å²) < 4.78 is 13.2. The van der Waals surface area contributed by atoms with Gasteiger partial charge in [-0.15, -0.1) is 0 Å². The van der Waals surface area contributed by atoms with Crippen molar-refractivity contribution in [3.63, 3.8) is 0 Å². The van der Waals surface area contributed by atoms with E-state index in [2.05, 4.69) is 10.6 Å². The van der Waals surface area contributed by atoms with Gasteiger partial charge in [-0.1, -0.05) is 30.7 Å². The Labute approximate surface area is 160 Å². The Hall–Kier alpha value is -2.93. The van der Waals surface area contributed by atoms with Crippen molar-refractivity contribution in [2.75, 3.05) is 11.9 Å². The summed E-state index contributed by atoms with van der Waals surface area (Å²) in [5.74, 6) is -1.51. The van der Waals surface area contributed by atoms with Crippen LogP contribution < -0.4 is 10.6 Å². The molecule has 6 nitrogen and oxygen atoms in total. The van der Waals surface area contributed by atoms with Crippen LogP contribution in [0, 0.1) is 5.82 Å². The molecule has 1 atom stereocenters. The number of carbonyl (C=O) groups excluding carboxylic acids is 3. The van der Waals surface area contributed by atoms with Crippen molar-refractivity contribution >= 4 is 35.1 Å². The summed E-state index contributed by atoms with van der Waals surface area (Å²) in [6.07, 6.45) is 0.262. The Morgan fingerprint density at radius 1 is 1.15 bits per heavy atom. The van der Waals surface area contributed by atoms with Gasteiger partial charge in [0.2, 0.25) is 5.91 Å². The van der Waals surface area contributed by atoms with Crippen LogP contribution in [0.4, 0.5) is 14.9 Å². The standard InChI is InChI=1S/C19H17ClFN3O3/c1-2-19(12-3-7-14(21)8-4-12)17(26)24(18(27)23-19)11-16(25)22-15-9-5-13(20)6-10-15/h3-10H,2,11H2,1H3,(H,22,25)(H,23,27)/t19-/m0/s1. The number of rotatable bonds is 5. The summed E-state index contributed by atoms with van der Waals surface area (Å²) in [7, 11) is 0. The van der Waals surface area contributed by atoms with Crippen LogP contribution in [-0.4, -0.2) is 29.3 Å². The summed E-state index contributed by atoms with van der Waals surface area (Å²) in [6, 6.07) is 11.1. The van der Waals surface area contributed by atoms with Crippen LogP contribution in [0.1, 0.15) is 18.9 Å². The van der Waals surface area contributed by atoms with Gasteiger partial charge in [0.05, 0.1) is 0 Å². The Balaban J connectivity index is 1.77. The SMILES string of the molecule is CC[C@@]1(c2ccc(F)cc2)NC(=O)N(CC(=O)Nc2ccc(Cl)cc2)C1=O. The molecule has 0 saturated carbocycles. The van der Waals surface area contributed by atoms with Crippen molar-refractivity contribution in [3.8, 4) is 0 Å². The number of imide groups is 1. The second-order valence-electron chi connectivity index (χ2n) is 6.14. The van der Waals surface area contributed by atoms with Crippen molar-refractivity contribution in [1.29, 1.82) is 0 Å². The maximum absolute atomic E-state index is 13.2. The lowest BCUT2D eigenvalue weighted by molar-refractivity contribution is -0.134. The Kier molecular flexibility index (Phi) is 5.14. The Morgan fingerprint density at radius 2 is 1.78 bits per heavy atom. The van der Waals surface area contributed by atoms with Crippen LogP contribution in [0.2, 0.25) is 5.02 Å². The van der Waals surface area contributed by atoms with Crippen molar-refractivity contribution in [2.24, 2.45) is 0 Å². The molecule has 2 aromatic carbocycles. The zero-order valence-electron chi connectivity index (χ0n) is 14.5. The van der Waals surface area contributed by atoms with Crippen molar-refractivity contribution < 1.29 is 18.8 Å². The molecule has 0 spiro atoms. The predicted octanol–water partition coefficient (Wildman–Crippen LogP) is 3.27. The van der Waals surface area contributed by atoms with E-state index in [9.17, 15) is 18.8 Å². The van der Waals surface area contributed by atoms with Crippen LogP contribution in [0.25, 0.3) is 0 Å². The largest absolute Gasteiger partial charge is 0.325 e. The fourth-order valence-electron chi connectivity index (χ4n) is 3.02. The van der Waals surface area contributed by atoms with Gasteiger partial charge < -0.3 is 10.6 Å². The summed E-state index contributed by atoms with van der Waals surface area (Å²) in [5.41, 5.74) is -0.354. The van der Waals surface area contributed by atoms with Gasteiger partial charge in [0.15, 0.2) is 0 Å². The van der Waals surface area contributed by atoms with Gasteiger partial charge in [0.25, 0.3) is 5.91 Å². The molecule has 1 aliphatic heterocycles. The van der Waals surface area contributed by atoms with Gasteiger partial charge in [0.1, 0.15) is 17.9 Å². The minimum atomic E-state index is -1.31. The molecule has 3 rings (SSSR count). The van der Waals surface area contributed by atoms with Crippen molar-refractivity contribution in [3.05, 3.63) is 64.9 Å². The van der Waals surface area contributed by atoms with Crippen LogP contribution in [0.15, 0.2) is 48.5 Å². The van der Waals surface area contributed by atoms with E-state index < -0.39 is 35.7 Å². The highest BCUT2D eigenvalue weighted by atomic mass is 35.5. The molecule has 1 saturated heterocycles. The first kappa shape index (κ1) is 18.8. The van der Waals surface area contributed by atoms with E-state index in [0.717, 1.165) is 4.90 Å². The highest BCUT2D eigenvalue weighted by Gasteiger charge is 2.51. The first-order valence-electron chi connectivity index (χ1n) is 8.31. The molecular weight excluding hydrogens is 373 g/mol. The predicted molar refractivity (Wildman–Crippen MR) is 98.7 cm³/mol. The fraction of sp³-hybridized carbons (Fsp3) is 0.211. The van der Waals surface area contributed by atoms with E-state index in [1.54, 1.807) is 31.2 Å². The number of amides is 4. The van der Waals surface area contributed by atoms with Gasteiger partial charge in [0, 0.05) is 10.7 Å². The molecule has 2 aromatic rings. The van der Waals surface area contributed by atoms with E-state index >= 15 is 0 Å². The lowest BCUT2D eigenvalue weighted by Crippen LogP contribution is -2.44. The molecule has 4 amide bonds. The van der Waals surface area contributed by atoms with Gasteiger partial charge in [-0.3, -0.25) is 14.5 Å². The number of benzene rings is 2. The maximum atomic E-state index is 13.2. The molecule has 8 heteroatoms. The van der Waals surface area contributed by atoms with Gasteiger partial charge >= 0.3 is 6.03 Å². The Morgan fingerprint density at radius 3 is 2.37 bits per heavy atom. The average Bonchev–Trinajstić information content (AvgIpc) is 2.89. The lowest BCUT2D eigenvalue weighted by atomic mass is 9.87. The lowest BCUT2D eigenvalue weighted by Gasteiger charge is -2.25. The summed E-state index contributed by atoms with van der Waals surface area (Å²) >= 11 is 5.80. The third kappa shape index (κ3) is 3.64. The van der Waals surface area contributed by atoms with Crippen molar-refractivity contribution in [2.45, 2.75) is 18.9 Å². The third-order valence-electron chi connectivity index (χ3n) is 4.47. The van der Waals surface area contributed by atoms with E-state index in [4.69, 9.17) is 11.6 Å². The molecule has 1 heterocycles. The van der Waals surface area contributed by atoms with Crippen LogP contribution >= 0.6 is 11.6 Å². The Bertz CT molecular complexity index is 886. The number of hydrogen-bond donors (Lipinski definition) is 2. The minimum Gasteiger partial charge on any atom is -0.325 e. The quantitative estimate of drug-likeness (QED) is 0.770. The normalized spacial score (nSPS) is 19.1. The second kappa shape index (κ2) is 7.36. The van der Waals surface area contributed by atoms with Gasteiger partial charge in [-0.2, -0.15) is 0 Å². The highest BCUT2D eigenvalue weighted by Crippen LogP contribution is 2.32. The molecule has 0 aliphatic carbocycles. The third-order valence-corrected chi connectivity index (χ3v) is 4.72. The molecule has 0 unspecified atom stereocenters. The number of urea groups is 1. The molecule has 0 aromatic heterocycles. The highest BCUT2D eigenvalue weighted by molar-refractivity contribution is 6.30. The molecule has 27 heavy (non-hydrogen) atoms. The van der Waals surface area contributed by atoms with Crippen LogP contribution in [-0.2, 0) is 15.1 Å². The topological polar surface area (TPSA) is 78.5 Å². The molecule has 140 valence electrons. The number of hydrogen-bond acceptors (Lipinski definition) is 3. The molecule has 1 aliphatic rings. The van der Waals surface area contributed by atoms with E-state index in [-0.39, 0.29) is 6.42 Å². The first-order valence-corrected chi connectivity index (χ1v) is 8.69. The van der Waals surface area contributed by atoms with E-state index in [1.165, 1.54) is 24.3 Å². The number of nitrogens with zero attached hydrogens (tertiary/aromatic N) is 1. The first-order chi connectivity index (χ1) is 12.9. The number of anilines is 1. The second-order valence-corrected chi connectivity index (χ2v) is 6.58. The van der Waals surface area contributed by atoms with Crippen LogP contribution in [0.5, 0.6) is 0 Å². The summed E-state index contributed by atoms with van der Waals surface area (Å²) in [6.45, 7) is 1.30. The molecular formula is C19H17ClFN3O3. The molecule has 1 fully saturated rings. The van der Waals surface area contributed by atoms with E-state index in [1.807, 2.05) is 0 Å². The molecule has 0 bridgehead atoms. The van der Waals surface area contributed by atoms with Crippen LogP contribution in [0.3, 0.4) is 0 Å². The number of nitrogens with one attached hydrogen (secondary N) is 2. The minimum absolute atomic E-state index is 0.262. The van der Waals surface area contributed by atoms with Gasteiger partial charge in [-0.25, -0.2) is 9.18 Å². The maximum Gasteiger partial charge on any atom is 0.325 e. The number of halogens is 2. The summed E-state index contributed by atoms with van der Waals surface area (Å²) in [5, 5.41) is 5.78. The van der Waals surface area contributed by atoms with Crippen molar-refractivity contribution in [1.82, 2.24) is 10.2 Å².